The highest BCUT2D eigenvalue weighted by atomic mass is 79.9. The van der Waals surface area contributed by atoms with Gasteiger partial charge in [-0.15, -0.1) is 0 Å². The molecule has 1 heterocycles. The van der Waals surface area contributed by atoms with Gasteiger partial charge in [-0.2, -0.15) is 0 Å². The molecule has 1 aromatic rings. The zero-order valence-electron chi connectivity index (χ0n) is 10.0. The number of hydrogen-bond acceptors (Lipinski definition) is 2. The van der Waals surface area contributed by atoms with E-state index in [1.54, 1.807) is 0 Å². The third kappa shape index (κ3) is 2.56. The van der Waals surface area contributed by atoms with Crippen LogP contribution in [0.2, 0.25) is 0 Å². The standard InChI is InChI=1S/C14H18BrNO/c1-9-14(11-3-2-4-12(15)7-11)17-13(8-16-9)10-5-6-10/h2-4,7,9-10,13-14,16H,5-6,8H2,1H3. The van der Waals surface area contributed by atoms with Gasteiger partial charge in [0.1, 0.15) is 0 Å². The van der Waals surface area contributed by atoms with E-state index in [1.807, 2.05) is 0 Å². The van der Waals surface area contributed by atoms with Crippen molar-refractivity contribution >= 4 is 15.9 Å². The molecule has 2 aliphatic rings. The number of benzene rings is 1. The van der Waals surface area contributed by atoms with Crippen molar-refractivity contribution in [2.24, 2.45) is 5.92 Å². The predicted octanol–water partition coefficient (Wildman–Crippen LogP) is 3.28. The second-order valence-electron chi connectivity index (χ2n) is 5.18. The molecule has 2 fully saturated rings. The summed E-state index contributed by atoms with van der Waals surface area (Å²) in [6, 6.07) is 8.85. The van der Waals surface area contributed by atoms with E-state index in [9.17, 15) is 0 Å². The van der Waals surface area contributed by atoms with Gasteiger partial charge >= 0.3 is 0 Å². The van der Waals surface area contributed by atoms with Crippen LogP contribution in [-0.4, -0.2) is 18.7 Å². The van der Waals surface area contributed by atoms with E-state index >= 15 is 0 Å². The van der Waals surface area contributed by atoms with Crippen LogP contribution in [0.15, 0.2) is 28.7 Å². The molecule has 1 saturated carbocycles. The molecular weight excluding hydrogens is 278 g/mol. The normalized spacial score (nSPS) is 33.6. The lowest BCUT2D eigenvalue weighted by molar-refractivity contribution is -0.0707. The lowest BCUT2D eigenvalue weighted by Crippen LogP contribution is -2.47. The largest absolute Gasteiger partial charge is 0.367 e. The average Bonchev–Trinajstić information content (AvgIpc) is 3.14. The van der Waals surface area contributed by atoms with Gasteiger partial charge in [0.05, 0.1) is 12.2 Å². The topological polar surface area (TPSA) is 21.3 Å². The van der Waals surface area contributed by atoms with Crippen LogP contribution in [0, 0.1) is 5.92 Å². The van der Waals surface area contributed by atoms with Crippen molar-refractivity contribution in [2.75, 3.05) is 6.54 Å². The fraction of sp³-hybridized carbons (Fsp3) is 0.571. The maximum Gasteiger partial charge on any atom is 0.0980 e. The first kappa shape index (κ1) is 11.7. The second kappa shape index (κ2) is 4.71. The summed E-state index contributed by atoms with van der Waals surface area (Å²) in [7, 11) is 0. The van der Waals surface area contributed by atoms with Gasteiger partial charge in [-0.1, -0.05) is 28.1 Å². The van der Waals surface area contributed by atoms with E-state index in [-0.39, 0.29) is 6.10 Å². The number of rotatable bonds is 2. The van der Waals surface area contributed by atoms with Gasteiger partial charge in [0.25, 0.3) is 0 Å². The van der Waals surface area contributed by atoms with Crippen molar-refractivity contribution in [3.63, 3.8) is 0 Å². The monoisotopic (exact) mass is 295 g/mol. The Bertz CT molecular complexity index is 405. The molecule has 3 atom stereocenters. The smallest absolute Gasteiger partial charge is 0.0980 e. The molecule has 2 nitrogen and oxygen atoms in total. The highest BCUT2D eigenvalue weighted by Crippen LogP contribution is 2.39. The lowest BCUT2D eigenvalue weighted by atomic mass is 10.00. The van der Waals surface area contributed by atoms with Gasteiger partial charge in [0.15, 0.2) is 0 Å². The van der Waals surface area contributed by atoms with E-state index < -0.39 is 0 Å². The minimum absolute atomic E-state index is 0.187. The molecule has 1 saturated heterocycles. The first-order valence-corrected chi connectivity index (χ1v) is 7.17. The number of hydrogen-bond donors (Lipinski definition) is 1. The Morgan fingerprint density at radius 2 is 2.18 bits per heavy atom. The molecule has 0 bridgehead atoms. The number of ether oxygens (including phenoxy) is 1. The second-order valence-corrected chi connectivity index (χ2v) is 6.10. The van der Waals surface area contributed by atoms with Crippen LogP contribution in [0.3, 0.4) is 0 Å². The Morgan fingerprint density at radius 1 is 1.35 bits per heavy atom. The van der Waals surface area contributed by atoms with E-state index in [0.717, 1.165) is 16.9 Å². The first-order valence-electron chi connectivity index (χ1n) is 6.38. The van der Waals surface area contributed by atoms with Gasteiger partial charge in [-0.05, 0) is 43.4 Å². The molecular formula is C14H18BrNO. The molecule has 3 heteroatoms. The quantitative estimate of drug-likeness (QED) is 0.904. The molecule has 3 rings (SSSR count). The lowest BCUT2D eigenvalue weighted by Gasteiger charge is -2.36. The van der Waals surface area contributed by atoms with E-state index in [0.29, 0.717) is 12.1 Å². The highest BCUT2D eigenvalue weighted by Gasteiger charge is 2.38. The molecule has 0 amide bonds. The molecule has 0 aromatic heterocycles. The molecule has 0 radical (unpaired) electrons. The first-order chi connectivity index (χ1) is 8.24. The van der Waals surface area contributed by atoms with Gasteiger partial charge in [0, 0.05) is 17.1 Å². The SMILES string of the molecule is CC1NCC(C2CC2)OC1c1cccc(Br)c1. The molecule has 1 aliphatic carbocycles. The van der Waals surface area contributed by atoms with Crippen LogP contribution in [0.5, 0.6) is 0 Å². The van der Waals surface area contributed by atoms with Gasteiger partial charge < -0.3 is 10.1 Å². The summed E-state index contributed by atoms with van der Waals surface area (Å²) in [5, 5.41) is 3.58. The summed E-state index contributed by atoms with van der Waals surface area (Å²) in [4.78, 5) is 0. The molecule has 1 aromatic carbocycles. The van der Waals surface area contributed by atoms with Crippen molar-refractivity contribution in [2.45, 2.75) is 38.0 Å². The van der Waals surface area contributed by atoms with Crippen molar-refractivity contribution in [1.82, 2.24) is 5.32 Å². The van der Waals surface area contributed by atoms with Crippen LogP contribution >= 0.6 is 15.9 Å². The minimum Gasteiger partial charge on any atom is -0.367 e. The Hall–Kier alpha value is -0.380. The van der Waals surface area contributed by atoms with Crippen molar-refractivity contribution in [3.05, 3.63) is 34.3 Å². The van der Waals surface area contributed by atoms with Crippen LogP contribution < -0.4 is 5.32 Å². The zero-order chi connectivity index (χ0) is 11.8. The summed E-state index contributed by atoms with van der Waals surface area (Å²) in [6.07, 6.45) is 3.28. The maximum absolute atomic E-state index is 6.28. The average molecular weight is 296 g/mol. The van der Waals surface area contributed by atoms with Crippen molar-refractivity contribution < 1.29 is 4.74 Å². The molecule has 3 unspecified atom stereocenters. The number of morpholine rings is 1. The molecule has 17 heavy (non-hydrogen) atoms. The Labute approximate surface area is 111 Å². The molecule has 92 valence electrons. The zero-order valence-corrected chi connectivity index (χ0v) is 11.6. The Kier molecular flexibility index (Phi) is 3.24. The van der Waals surface area contributed by atoms with Gasteiger partial charge in [-0.25, -0.2) is 0 Å². The minimum atomic E-state index is 0.187. The fourth-order valence-corrected chi connectivity index (χ4v) is 2.98. The summed E-state index contributed by atoms with van der Waals surface area (Å²) >= 11 is 3.53. The van der Waals surface area contributed by atoms with Crippen LogP contribution in [0.4, 0.5) is 0 Å². The van der Waals surface area contributed by atoms with E-state index in [2.05, 4.69) is 52.4 Å². The third-order valence-corrected chi connectivity index (χ3v) is 4.23. The predicted molar refractivity (Wildman–Crippen MR) is 71.9 cm³/mol. The molecule has 1 aliphatic heterocycles. The maximum atomic E-state index is 6.28. The Morgan fingerprint density at radius 3 is 2.88 bits per heavy atom. The van der Waals surface area contributed by atoms with E-state index in [1.165, 1.54) is 18.4 Å². The van der Waals surface area contributed by atoms with Crippen molar-refractivity contribution in [1.29, 1.82) is 0 Å². The van der Waals surface area contributed by atoms with Gasteiger partial charge in [0.2, 0.25) is 0 Å². The summed E-state index contributed by atoms with van der Waals surface area (Å²) in [5.74, 6) is 0.796. The summed E-state index contributed by atoms with van der Waals surface area (Å²) < 4.78 is 7.40. The highest BCUT2D eigenvalue weighted by molar-refractivity contribution is 9.10. The van der Waals surface area contributed by atoms with Crippen LogP contribution in [-0.2, 0) is 4.74 Å². The van der Waals surface area contributed by atoms with Crippen LogP contribution in [0.25, 0.3) is 0 Å². The van der Waals surface area contributed by atoms with Gasteiger partial charge in [-0.3, -0.25) is 0 Å². The van der Waals surface area contributed by atoms with E-state index in [4.69, 9.17) is 4.74 Å². The van der Waals surface area contributed by atoms with Crippen LogP contribution in [0.1, 0.15) is 31.4 Å². The number of nitrogens with one attached hydrogen (secondary N) is 1. The summed E-state index contributed by atoms with van der Waals surface area (Å²) in [6.45, 7) is 3.21. The van der Waals surface area contributed by atoms with Crippen molar-refractivity contribution in [3.8, 4) is 0 Å². The summed E-state index contributed by atoms with van der Waals surface area (Å²) in [5.41, 5.74) is 1.27. The Balaban J connectivity index is 1.79. The molecule has 1 N–H and O–H groups in total. The number of halogens is 1. The fourth-order valence-electron chi connectivity index (χ4n) is 2.56. The third-order valence-electron chi connectivity index (χ3n) is 3.74. The molecule has 0 spiro atoms.